The first-order valence-electron chi connectivity index (χ1n) is 21.4. The van der Waals surface area contributed by atoms with Crippen molar-refractivity contribution in [1.29, 1.82) is 0 Å². The lowest BCUT2D eigenvalue weighted by atomic mass is 9.99. The van der Waals surface area contributed by atoms with Crippen LogP contribution in [0.3, 0.4) is 0 Å². The van der Waals surface area contributed by atoms with Gasteiger partial charge in [-0.25, -0.2) is 4.98 Å². The molecule has 0 aliphatic rings. The van der Waals surface area contributed by atoms with Gasteiger partial charge in [-0.05, 0) is 54.1 Å². The highest BCUT2D eigenvalue weighted by atomic mass is 16.3. The second kappa shape index (κ2) is 13.3. The minimum atomic E-state index is 0.541. The van der Waals surface area contributed by atoms with Crippen LogP contribution in [0.4, 0.5) is 0 Å². The van der Waals surface area contributed by atoms with Gasteiger partial charge in [-0.15, -0.1) is 0 Å². The molecule has 5 aromatic heterocycles. The molecular weight excluding hydrogens is 787 g/mol. The number of para-hydroxylation sites is 4. The largest absolute Gasteiger partial charge is 0.456 e. The van der Waals surface area contributed by atoms with Gasteiger partial charge >= 0.3 is 0 Å². The molecule has 5 heterocycles. The fraction of sp³-hybridized carbons (Fsp3) is 0. The van der Waals surface area contributed by atoms with Crippen molar-refractivity contribution >= 4 is 87.5 Å². The van der Waals surface area contributed by atoms with Crippen LogP contribution in [0.25, 0.3) is 133 Å². The van der Waals surface area contributed by atoms with E-state index in [4.69, 9.17) is 23.8 Å². The Balaban J connectivity index is 1.12. The third-order valence-electron chi connectivity index (χ3n) is 12.8. The van der Waals surface area contributed by atoms with E-state index < -0.39 is 0 Å². The average molecular weight is 820 g/mol. The van der Waals surface area contributed by atoms with Crippen LogP contribution in [0.15, 0.2) is 209 Å². The van der Waals surface area contributed by atoms with Crippen molar-refractivity contribution in [1.82, 2.24) is 24.1 Å². The Morgan fingerprint density at radius 3 is 1.48 bits per heavy atom. The highest BCUT2D eigenvalue weighted by molar-refractivity contribution is 6.24. The van der Waals surface area contributed by atoms with Crippen LogP contribution in [0.1, 0.15) is 0 Å². The molecule has 0 bridgehead atoms. The van der Waals surface area contributed by atoms with Crippen molar-refractivity contribution in [3.05, 3.63) is 200 Å². The van der Waals surface area contributed by atoms with Crippen LogP contribution >= 0.6 is 0 Å². The van der Waals surface area contributed by atoms with E-state index in [0.29, 0.717) is 17.6 Å². The van der Waals surface area contributed by atoms with E-state index >= 15 is 0 Å². The van der Waals surface area contributed by atoms with Gasteiger partial charge in [0, 0.05) is 65.5 Å². The SMILES string of the molecule is c1ccc(-c2nc(-c3ccccc3)nc(-n3c4ccccc4c4ccc5c6ccccc6n(-c6cc(-c7ccc8c(c7)oc7ccccc78)c7oc8ccccc8c7c6)c5c43)n2)cc1. The van der Waals surface area contributed by atoms with Gasteiger partial charge in [-0.1, -0.05) is 152 Å². The van der Waals surface area contributed by atoms with E-state index in [9.17, 15) is 0 Å². The summed E-state index contributed by atoms with van der Waals surface area (Å²) in [6.07, 6.45) is 0. The topological polar surface area (TPSA) is 74.8 Å². The Bertz CT molecular complexity index is 4140. The molecule has 0 N–H and O–H groups in total. The molecule has 0 aliphatic heterocycles. The Kier molecular flexibility index (Phi) is 7.27. The highest BCUT2D eigenvalue weighted by Crippen LogP contribution is 2.45. The first kappa shape index (κ1) is 34.9. The molecule has 0 atom stereocenters. The fourth-order valence-corrected chi connectivity index (χ4v) is 9.92. The molecule has 0 unspecified atom stereocenters. The molecular formula is C57H33N5O2. The summed E-state index contributed by atoms with van der Waals surface area (Å²) in [5.41, 5.74) is 12.3. The van der Waals surface area contributed by atoms with E-state index in [1.807, 2.05) is 60.7 Å². The van der Waals surface area contributed by atoms with Crippen LogP contribution in [0.2, 0.25) is 0 Å². The van der Waals surface area contributed by atoms with Crippen molar-refractivity contribution in [2.75, 3.05) is 0 Å². The molecule has 0 saturated heterocycles. The molecule has 0 fully saturated rings. The second-order valence-corrected chi connectivity index (χ2v) is 16.4. The number of furan rings is 2. The second-order valence-electron chi connectivity index (χ2n) is 16.4. The van der Waals surface area contributed by atoms with E-state index in [2.05, 4.69) is 149 Å². The molecule has 9 aromatic carbocycles. The minimum absolute atomic E-state index is 0.541. The molecule has 7 heteroatoms. The van der Waals surface area contributed by atoms with E-state index in [1.54, 1.807) is 0 Å². The summed E-state index contributed by atoms with van der Waals surface area (Å²) in [5.74, 6) is 1.75. The number of rotatable bonds is 5. The summed E-state index contributed by atoms with van der Waals surface area (Å²) in [6.45, 7) is 0. The number of hydrogen-bond donors (Lipinski definition) is 0. The summed E-state index contributed by atoms with van der Waals surface area (Å²) >= 11 is 0. The zero-order chi connectivity index (χ0) is 41.9. The molecule has 0 radical (unpaired) electrons. The lowest BCUT2D eigenvalue weighted by Gasteiger charge is -2.14. The third kappa shape index (κ3) is 5.06. The quantitative estimate of drug-likeness (QED) is 0.173. The van der Waals surface area contributed by atoms with Gasteiger partial charge in [-0.2, -0.15) is 9.97 Å². The summed E-state index contributed by atoms with van der Waals surface area (Å²) in [4.78, 5) is 15.7. The molecule has 0 amide bonds. The molecule has 64 heavy (non-hydrogen) atoms. The maximum absolute atomic E-state index is 6.77. The Hall–Kier alpha value is -8.81. The summed E-state index contributed by atoms with van der Waals surface area (Å²) < 4.78 is 17.9. The van der Waals surface area contributed by atoms with Crippen molar-refractivity contribution in [3.63, 3.8) is 0 Å². The number of fused-ring (bicyclic) bond motifs is 13. The molecule has 0 aliphatic carbocycles. The zero-order valence-corrected chi connectivity index (χ0v) is 34.1. The highest BCUT2D eigenvalue weighted by Gasteiger charge is 2.25. The monoisotopic (exact) mass is 819 g/mol. The fourth-order valence-electron chi connectivity index (χ4n) is 9.92. The van der Waals surface area contributed by atoms with Gasteiger partial charge in [0.25, 0.3) is 0 Å². The van der Waals surface area contributed by atoms with Crippen molar-refractivity contribution < 1.29 is 8.83 Å². The van der Waals surface area contributed by atoms with Crippen LogP contribution in [0, 0.1) is 0 Å². The Morgan fingerprint density at radius 2 is 0.828 bits per heavy atom. The maximum atomic E-state index is 6.77. The first-order valence-corrected chi connectivity index (χ1v) is 21.4. The normalized spacial score (nSPS) is 12.1. The van der Waals surface area contributed by atoms with Crippen LogP contribution < -0.4 is 0 Å². The molecule has 0 spiro atoms. The van der Waals surface area contributed by atoms with Crippen molar-refractivity contribution in [2.24, 2.45) is 0 Å². The third-order valence-corrected chi connectivity index (χ3v) is 12.8. The van der Waals surface area contributed by atoms with Crippen LogP contribution in [0.5, 0.6) is 0 Å². The van der Waals surface area contributed by atoms with Gasteiger partial charge in [0.15, 0.2) is 11.6 Å². The molecule has 298 valence electrons. The number of nitrogens with zero attached hydrogens (tertiary/aromatic N) is 5. The molecule has 14 rings (SSSR count). The molecule has 0 saturated carbocycles. The summed E-state index contributed by atoms with van der Waals surface area (Å²) in [5, 5.41) is 8.73. The average Bonchev–Trinajstić information content (AvgIpc) is 4.12. The number of hydrogen-bond acceptors (Lipinski definition) is 5. The first-order chi connectivity index (χ1) is 31.7. The number of benzene rings is 9. The van der Waals surface area contributed by atoms with Crippen LogP contribution in [-0.2, 0) is 0 Å². The summed E-state index contributed by atoms with van der Waals surface area (Å²) in [7, 11) is 0. The Morgan fingerprint density at radius 1 is 0.328 bits per heavy atom. The van der Waals surface area contributed by atoms with Crippen molar-refractivity contribution in [3.8, 4) is 45.5 Å². The van der Waals surface area contributed by atoms with E-state index in [1.165, 1.54) is 0 Å². The van der Waals surface area contributed by atoms with Gasteiger partial charge in [0.05, 0.1) is 22.1 Å². The van der Waals surface area contributed by atoms with Crippen LogP contribution in [-0.4, -0.2) is 24.1 Å². The van der Waals surface area contributed by atoms with Gasteiger partial charge in [-0.3, -0.25) is 4.57 Å². The number of aromatic nitrogens is 5. The standard InChI is InChI=1S/C57H33N5O2/c1-3-15-34(16-4-1)55-58-56(35-17-5-2-6-18-35)60-57(59-55)62-48-24-12-8-20-39(48)44-30-29-43-38-19-7-11-23-47(38)61(52(43)53(44)62)37-32-45(54-46(33-37)41-22-10-14-26-50(41)64-54)36-27-28-42-40-21-9-13-25-49(40)63-51(42)31-36/h1-33H. The lowest BCUT2D eigenvalue weighted by molar-refractivity contribution is 0.668. The molecule has 7 nitrogen and oxygen atoms in total. The van der Waals surface area contributed by atoms with Gasteiger partial charge in [0.1, 0.15) is 22.3 Å². The van der Waals surface area contributed by atoms with Gasteiger partial charge in [0.2, 0.25) is 5.95 Å². The van der Waals surface area contributed by atoms with E-state index in [0.717, 1.165) is 115 Å². The maximum Gasteiger partial charge on any atom is 0.238 e. The lowest BCUT2D eigenvalue weighted by Crippen LogP contribution is -2.07. The zero-order valence-electron chi connectivity index (χ0n) is 34.1. The summed E-state index contributed by atoms with van der Waals surface area (Å²) in [6, 6.07) is 69.6. The predicted molar refractivity (Wildman–Crippen MR) is 259 cm³/mol. The smallest absolute Gasteiger partial charge is 0.238 e. The van der Waals surface area contributed by atoms with E-state index in [-0.39, 0.29) is 0 Å². The predicted octanol–water partition coefficient (Wildman–Crippen LogP) is 14.9. The minimum Gasteiger partial charge on any atom is -0.456 e. The Labute approximate surface area is 364 Å². The molecule has 14 aromatic rings. The van der Waals surface area contributed by atoms with Gasteiger partial charge < -0.3 is 13.4 Å². The van der Waals surface area contributed by atoms with Crippen molar-refractivity contribution in [2.45, 2.75) is 0 Å².